The predicted molar refractivity (Wildman–Crippen MR) is 130 cm³/mol. The van der Waals surface area contributed by atoms with Crippen LogP contribution in [0.3, 0.4) is 0 Å². The Hall–Kier alpha value is -1.05. The van der Waals surface area contributed by atoms with Gasteiger partial charge in [-0.05, 0) is 80.9 Å². The van der Waals surface area contributed by atoms with Gasteiger partial charge in [-0.25, -0.2) is 0 Å². The molecule has 8 unspecified atom stereocenters. The van der Waals surface area contributed by atoms with Crippen molar-refractivity contribution in [1.29, 1.82) is 0 Å². The fraction of sp³-hybridized carbons (Fsp3) is 0.821. The lowest BCUT2D eigenvalue weighted by Gasteiger charge is -2.57. The van der Waals surface area contributed by atoms with Gasteiger partial charge in [0, 0.05) is 23.9 Å². The van der Waals surface area contributed by atoms with Crippen molar-refractivity contribution in [2.24, 2.45) is 28.6 Å². The van der Waals surface area contributed by atoms with E-state index >= 15 is 0 Å². The van der Waals surface area contributed by atoms with E-state index in [1.54, 1.807) is 13.2 Å². The molecule has 34 heavy (non-hydrogen) atoms. The second kappa shape index (κ2) is 8.52. The van der Waals surface area contributed by atoms with E-state index in [2.05, 4.69) is 19.9 Å². The van der Waals surface area contributed by atoms with Crippen LogP contribution in [0.2, 0.25) is 0 Å². The molecule has 4 rings (SSSR count). The summed E-state index contributed by atoms with van der Waals surface area (Å²) in [6.07, 6.45) is 5.49. The second-order valence-electron chi connectivity index (χ2n) is 12.6. The maximum absolute atomic E-state index is 13.3. The summed E-state index contributed by atoms with van der Waals surface area (Å²) in [5.41, 5.74) is -2.06. The third kappa shape index (κ3) is 3.59. The van der Waals surface area contributed by atoms with Crippen LogP contribution in [0.25, 0.3) is 0 Å². The summed E-state index contributed by atoms with van der Waals surface area (Å²) >= 11 is 0. The Bertz CT molecular complexity index is 889. The first-order valence-corrected chi connectivity index (χ1v) is 13.0. The number of rotatable bonds is 6. The van der Waals surface area contributed by atoms with Crippen LogP contribution in [-0.4, -0.2) is 62.8 Å². The van der Waals surface area contributed by atoms with Crippen LogP contribution >= 0.6 is 0 Å². The van der Waals surface area contributed by atoms with Crippen LogP contribution in [0.1, 0.15) is 79.6 Å². The molecule has 2 saturated carbocycles. The summed E-state index contributed by atoms with van der Waals surface area (Å²) in [6.45, 7) is 10.2. The monoisotopic (exact) mass is 476 g/mol. The number of hydrogen-bond acceptors (Lipinski definition) is 6. The molecule has 4 aliphatic rings. The lowest BCUT2D eigenvalue weighted by molar-refractivity contribution is -0.163. The summed E-state index contributed by atoms with van der Waals surface area (Å²) in [5.74, 6) is -0.190. The molecule has 0 spiro atoms. The van der Waals surface area contributed by atoms with E-state index in [0.29, 0.717) is 37.2 Å². The van der Waals surface area contributed by atoms with Crippen molar-refractivity contribution < 1.29 is 30.0 Å². The molecule has 9 atom stereocenters. The third-order valence-corrected chi connectivity index (χ3v) is 10.2. The number of aliphatic hydroxyl groups excluding tert-OH is 2. The first-order valence-electron chi connectivity index (χ1n) is 13.0. The van der Waals surface area contributed by atoms with E-state index in [1.807, 2.05) is 20.8 Å². The molecule has 6 nitrogen and oxygen atoms in total. The van der Waals surface area contributed by atoms with E-state index in [4.69, 9.17) is 4.74 Å². The Morgan fingerprint density at radius 1 is 1.18 bits per heavy atom. The highest BCUT2D eigenvalue weighted by Crippen LogP contribution is 2.66. The van der Waals surface area contributed by atoms with Crippen LogP contribution in [0.4, 0.5) is 0 Å². The molecule has 4 aliphatic carbocycles. The largest absolute Gasteiger partial charge is 0.390 e. The molecule has 4 N–H and O–H groups in total. The van der Waals surface area contributed by atoms with Gasteiger partial charge in [-0.3, -0.25) is 4.79 Å². The number of fused-ring (bicyclic) bond motifs is 5. The molecule has 6 heteroatoms. The minimum atomic E-state index is -1.24. The molecule has 0 aromatic heterocycles. The molecule has 0 heterocycles. The van der Waals surface area contributed by atoms with Crippen LogP contribution in [0.15, 0.2) is 23.3 Å². The zero-order chi connectivity index (χ0) is 25.3. The van der Waals surface area contributed by atoms with Gasteiger partial charge in [-0.15, -0.1) is 0 Å². The van der Waals surface area contributed by atoms with Crippen molar-refractivity contribution in [3.8, 4) is 0 Å². The predicted octanol–water partition coefficient (Wildman–Crippen LogP) is 3.31. The molecule has 0 bridgehead atoms. The normalized spacial score (nSPS) is 44.5. The molecule has 0 aromatic carbocycles. The van der Waals surface area contributed by atoms with Crippen LogP contribution in [0.5, 0.6) is 0 Å². The maximum Gasteiger partial charge on any atom is 0.160 e. The Balaban J connectivity index is 1.73. The van der Waals surface area contributed by atoms with Gasteiger partial charge in [0.25, 0.3) is 0 Å². The van der Waals surface area contributed by atoms with Crippen molar-refractivity contribution >= 4 is 5.78 Å². The molecule has 0 radical (unpaired) electrons. The highest BCUT2D eigenvalue weighted by Gasteiger charge is 2.67. The number of ether oxygens (including phenoxy) is 1. The second-order valence-corrected chi connectivity index (χ2v) is 12.6. The van der Waals surface area contributed by atoms with Gasteiger partial charge in [0.1, 0.15) is 0 Å². The average molecular weight is 477 g/mol. The molecular weight excluding hydrogens is 432 g/mol. The number of ketones is 1. The van der Waals surface area contributed by atoms with Gasteiger partial charge in [-0.1, -0.05) is 33.8 Å². The highest BCUT2D eigenvalue weighted by molar-refractivity contribution is 5.97. The zero-order valence-electron chi connectivity index (χ0n) is 21.7. The number of allylic oxidation sites excluding steroid dienone is 2. The van der Waals surface area contributed by atoms with Crippen molar-refractivity contribution in [3.63, 3.8) is 0 Å². The Morgan fingerprint density at radius 3 is 2.47 bits per heavy atom. The van der Waals surface area contributed by atoms with Gasteiger partial charge >= 0.3 is 0 Å². The van der Waals surface area contributed by atoms with E-state index in [0.717, 1.165) is 18.4 Å². The van der Waals surface area contributed by atoms with Crippen molar-refractivity contribution in [2.45, 2.75) is 109 Å². The van der Waals surface area contributed by atoms with Gasteiger partial charge < -0.3 is 25.2 Å². The minimum absolute atomic E-state index is 0.0832. The molecule has 0 saturated heterocycles. The van der Waals surface area contributed by atoms with E-state index in [-0.39, 0.29) is 24.2 Å². The quantitative estimate of drug-likeness (QED) is 0.469. The molecular formula is C28H44O6. The highest BCUT2D eigenvalue weighted by atomic mass is 16.5. The maximum atomic E-state index is 13.3. The van der Waals surface area contributed by atoms with Gasteiger partial charge in [0.05, 0.1) is 29.5 Å². The van der Waals surface area contributed by atoms with Gasteiger partial charge in [0.2, 0.25) is 0 Å². The Morgan fingerprint density at radius 2 is 1.85 bits per heavy atom. The third-order valence-electron chi connectivity index (χ3n) is 10.2. The average Bonchev–Trinajstić information content (AvgIpc) is 3.02. The Kier molecular flexibility index (Phi) is 6.52. The molecule has 192 valence electrons. The minimum Gasteiger partial charge on any atom is -0.390 e. The summed E-state index contributed by atoms with van der Waals surface area (Å²) in [4.78, 5) is 13.3. The number of hydrogen-bond donors (Lipinski definition) is 4. The standard InChI is InChI=1S/C28H44O6/c1-16(2)7-8-24(34-6)27(5,32)23-10-12-28(33)18-13-20(29)19-14-21(30)22(31)15-25(19,3)17(18)9-11-26(23,28)4/h9,13,16,19,21-24,30-33H,7-8,10-12,14-15H2,1-6H3/t19?,21?,22?,23?,24?,25?,26?,27-,28?/m1/s1. The van der Waals surface area contributed by atoms with Crippen molar-refractivity contribution in [2.75, 3.05) is 7.11 Å². The SMILES string of the molecule is COC(CCC(C)C)[C@](C)(O)C1CCC2(O)C3=CC(=O)C4CC(O)C(O)CC4(C)C3=CCC12C. The van der Waals surface area contributed by atoms with Crippen molar-refractivity contribution in [3.05, 3.63) is 23.3 Å². The summed E-state index contributed by atoms with van der Waals surface area (Å²) in [6, 6.07) is 0. The van der Waals surface area contributed by atoms with Crippen LogP contribution < -0.4 is 0 Å². The number of carbonyl (C=O) groups is 1. The molecule has 0 aromatic rings. The van der Waals surface area contributed by atoms with Crippen LogP contribution in [-0.2, 0) is 9.53 Å². The van der Waals surface area contributed by atoms with Crippen LogP contribution in [0, 0.1) is 28.6 Å². The van der Waals surface area contributed by atoms with Crippen molar-refractivity contribution in [1.82, 2.24) is 0 Å². The van der Waals surface area contributed by atoms with Gasteiger partial charge in [0.15, 0.2) is 5.78 Å². The zero-order valence-corrected chi connectivity index (χ0v) is 21.7. The summed E-state index contributed by atoms with van der Waals surface area (Å²) in [5, 5.41) is 44.8. The van der Waals surface area contributed by atoms with E-state index in [1.165, 1.54) is 0 Å². The fourth-order valence-corrected chi connectivity index (χ4v) is 8.02. The van der Waals surface area contributed by atoms with E-state index in [9.17, 15) is 25.2 Å². The first kappa shape index (κ1) is 26.0. The summed E-state index contributed by atoms with van der Waals surface area (Å²) in [7, 11) is 1.65. The molecule has 0 aliphatic heterocycles. The number of aliphatic hydroxyl groups is 4. The topological polar surface area (TPSA) is 107 Å². The number of methoxy groups -OCH3 is 1. The number of carbonyl (C=O) groups excluding carboxylic acids is 1. The molecule has 2 fully saturated rings. The lowest BCUT2D eigenvalue weighted by atomic mass is 9.49. The van der Waals surface area contributed by atoms with E-state index < -0.39 is 40.2 Å². The Labute approximate surface area is 204 Å². The lowest BCUT2D eigenvalue weighted by Crippen LogP contribution is -2.60. The van der Waals surface area contributed by atoms with Gasteiger partial charge in [-0.2, -0.15) is 0 Å². The molecule has 0 amide bonds. The summed E-state index contributed by atoms with van der Waals surface area (Å²) < 4.78 is 5.80. The first-order chi connectivity index (χ1) is 15.7. The fourth-order valence-electron chi connectivity index (χ4n) is 8.02. The smallest absolute Gasteiger partial charge is 0.160 e.